The molecule has 3 aromatic carbocycles. The zero-order chi connectivity index (χ0) is 18.9. The van der Waals surface area contributed by atoms with Crippen LogP contribution in [0.15, 0.2) is 54.6 Å². The van der Waals surface area contributed by atoms with Gasteiger partial charge in [-0.05, 0) is 35.4 Å². The monoisotopic (exact) mass is 354 g/mol. The minimum Gasteiger partial charge on any atom is -0.449 e. The predicted molar refractivity (Wildman–Crippen MR) is 112 cm³/mol. The number of aryl methyl sites for hydroxylation is 2. The van der Waals surface area contributed by atoms with E-state index in [1.165, 1.54) is 44.1 Å². The molecule has 0 saturated heterocycles. The Balaban J connectivity index is 2.07. The van der Waals surface area contributed by atoms with Crippen LogP contribution in [0.3, 0.4) is 0 Å². The number of benzene rings is 3. The van der Waals surface area contributed by atoms with Crippen LogP contribution >= 0.6 is 0 Å². The molecule has 1 aliphatic rings. The third-order valence-electron chi connectivity index (χ3n) is 5.73. The molecule has 2 nitrogen and oxygen atoms in total. The van der Waals surface area contributed by atoms with Crippen molar-refractivity contribution in [1.29, 1.82) is 0 Å². The van der Waals surface area contributed by atoms with Crippen molar-refractivity contribution in [2.45, 2.75) is 33.1 Å². The molecule has 0 amide bonds. The van der Waals surface area contributed by atoms with Crippen molar-refractivity contribution < 1.29 is 9.30 Å². The van der Waals surface area contributed by atoms with E-state index in [0.717, 1.165) is 11.5 Å². The maximum absolute atomic E-state index is 6.63. The van der Waals surface area contributed by atoms with E-state index in [4.69, 9.17) is 4.74 Å². The van der Waals surface area contributed by atoms with Crippen molar-refractivity contribution in [1.82, 2.24) is 0 Å². The van der Waals surface area contributed by atoms with Crippen LogP contribution in [-0.2, 0) is 12.5 Å². The van der Waals surface area contributed by atoms with Crippen LogP contribution < -0.4 is 9.30 Å². The van der Waals surface area contributed by atoms with Crippen LogP contribution in [0.1, 0.15) is 31.9 Å². The van der Waals surface area contributed by atoms with Gasteiger partial charge in [0.1, 0.15) is 12.8 Å². The van der Waals surface area contributed by atoms with Gasteiger partial charge in [-0.15, -0.1) is 0 Å². The molecule has 0 radical (unpaired) electrons. The van der Waals surface area contributed by atoms with E-state index in [-0.39, 0.29) is 5.41 Å². The van der Waals surface area contributed by atoms with Crippen LogP contribution in [0.4, 0.5) is 0 Å². The summed E-state index contributed by atoms with van der Waals surface area (Å²) in [5, 5.41) is 3.70. The maximum Gasteiger partial charge on any atom is 0.257 e. The minimum absolute atomic E-state index is 0.0357. The van der Waals surface area contributed by atoms with Crippen molar-refractivity contribution in [3.05, 3.63) is 65.7 Å². The molecular formula is C25H24NO+. The van der Waals surface area contributed by atoms with Crippen molar-refractivity contribution in [3.8, 4) is 22.8 Å². The van der Waals surface area contributed by atoms with E-state index in [0.29, 0.717) is 0 Å². The number of nitrogens with zero attached hydrogens (tertiary/aromatic N) is 1. The molecule has 0 bridgehead atoms. The molecule has 0 atom stereocenters. The van der Waals surface area contributed by atoms with Gasteiger partial charge in [0.15, 0.2) is 0 Å². The van der Waals surface area contributed by atoms with Crippen molar-refractivity contribution in [2.75, 3.05) is 0 Å². The molecule has 134 valence electrons. The van der Waals surface area contributed by atoms with E-state index in [1.54, 1.807) is 0 Å². The van der Waals surface area contributed by atoms with Crippen LogP contribution in [0.25, 0.3) is 32.9 Å². The molecule has 1 aromatic heterocycles. The average Bonchev–Trinajstić information content (AvgIpc) is 2.63. The molecule has 1 aliphatic heterocycles. The van der Waals surface area contributed by atoms with Gasteiger partial charge >= 0.3 is 0 Å². The van der Waals surface area contributed by atoms with Crippen molar-refractivity contribution >= 4 is 21.7 Å². The van der Waals surface area contributed by atoms with E-state index in [2.05, 4.69) is 93.9 Å². The lowest BCUT2D eigenvalue weighted by Crippen LogP contribution is -2.35. The first kappa shape index (κ1) is 16.3. The Morgan fingerprint density at radius 3 is 2.44 bits per heavy atom. The largest absolute Gasteiger partial charge is 0.449 e. The minimum atomic E-state index is -0.0357. The number of fused-ring (bicyclic) bond motifs is 3. The lowest BCUT2D eigenvalue weighted by molar-refractivity contribution is -0.633. The van der Waals surface area contributed by atoms with E-state index in [1.807, 2.05) is 0 Å². The summed E-state index contributed by atoms with van der Waals surface area (Å²) in [6.45, 7) is 9.01. The highest BCUT2D eigenvalue weighted by atomic mass is 16.5. The Labute approximate surface area is 160 Å². The lowest BCUT2D eigenvalue weighted by atomic mass is 9.81. The molecule has 2 heterocycles. The van der Waals surface area contributed by atoms with Crippen LogP contribution in [0, 0.1) is 6.92 Å². The highest BCUT2D eigenvalue weighted by Crippen LogP contribution is 2.51. The summed E-state index contributed by atoms with van der Waals surface area (Å²) in [6.07, 6.45) is 0. The summed E-state index contributed by atoms with van der Waals surface area (Å²) in [7, 11) is 2.16. The Morgan fingerprint density at radius 1 is 0.889 bits per heavy atom. The smallest absolute Gasteiger partial charge is 0.257 e. The summed E-state index contributed by atoms with van der Waals surface area (Å²) in [4.78, 5) is 0. The summed E-state index contributed by atoms with van der Waals surface area (Å²) in [5.74, 6) is 1.96. The summed E-state index contributed by atoms with van der Waals surface area (Å²) in [5.41, 5.74) is 6.23. The normalized spacial score (nSPS) is 12.9. The SMILES string of the molecule is Cc1ccc2cccc3c2c1-c1c(c(C(C)(C)C)c2ccccc2[n+]1C)O3. The van der Waals surface area contributed by atoms with E-state index in [9.17, 15) is 0 Å². The Bertz CT molecular complexity index is 1250. The predicted octanol–water partition coefficient (Wildman–Crippen LogP) is 6.20. The Morgan fingerprint density at radius 2 is 1.67 bits per heavy atom. The van der Waals surface area contributed by atoms with Gasteiger partial charge in [-0.1, -0.05) is 57.2 Å². The number of hydrogen-bond acceptors (Lipinski definition) is 1. The third-order valence-corrected chi connectivity index (χ3v) is 5.73. The number of rotatable bonds is 0. The highest BCUT2D eigenvalue weighted by Gasteiger charge is 2.37. The molecule has 4 aromatic rings. The molecule has 27 heavy (non-hydrogen) atoms. The first-order valence-corrected chi connectivity index (χ1v) is 9.53. The summed E-state index contributed by atoms with van der Waals surface area (Å²) < 4.78 is 8.93. The molecule has 0 unspecified atom stereocenters. The molecule has 0 N–H and O–H groups in total. The zero-order valence-electron chi connectivity index (χ0n) is 16.6. The van der Waals surface area contributed by atoms with Gasteiger partial charge in [0.25, 0.3) is 5.69 Å². The molecule has 0 fully saturated rings. The number of ether oxygens (including phenoxy) is 1. The van der Waals surface area contributed by atoms with E-state index < -0.39 is 0 Å². The fourth-order valence-electron chi connectivity index (χ4n) is 4.57. The fraction of sp³-hybridized carbons (Fsp3) is 0.240. The Hall–Kier alpha value is -2.87. The summed E-state index contributed by atoms with van der Waals surface area (Å²) in [6, 6.07) is 19.4. The van der Waals surface area contributed by atoms with Crippen LogP contribution in [0.5, 0.6) is 11.5 Å². The van der Waals surface area contributed by atoms with Gasteiger partial charge in [-0.25, -0.2) is 0 Å². The van der Waals surface area contributed by atoms with Gasteiger partial charge in [0.2, 0.25) is 11.3 Å². The zero-order valence-corrected chi connectivity index (χ0v) is 16.6. The van der Waals surface area contributed by atoms with Crippen LogP contribution in [-0.4, -0.2) is 0 Å². The molecule has 0 saturated carbocycles. The number of hydrogen-bond donors (Lipinski definition) is 0. The molecule has 0 spiro atoms. The van der Waals surface area contributed by atoms with Gasteiger partial charge < -0.3 is 4.74 Å². The van der Waals surface area contributed by atoms with Gasteiger partial charge in [0.05, 0.1) is 10.9 Å². The highest BCUT2D eigenvalue weighted by molar-refractivity contribution is 6.05. The second kappa shape index (κ2) is 5.32. The molecule has 2 heteroatoms. The van der Waals surface area contributed by atoms with Gasteiger partial charge in [0, 0.05) is 17.0 Å². The topological polar surface area (TPSA) is 13.1 Å². The second-order valence-corrected chi connectivity index (χ2v) is 8.59. The number of pyridine rings is 1. The van der Waals surface area contributed by atoms with E-state index >= 15 is 0 Å². The maximum atomic E-state index is 6.63. The lowest BCUT2D eigenvalue weighted by Gasteiger charge is -2.28. The number of aromatic nitrogens is 1. The quantitative estimate of drug-likeness (QED) is 0.302. The first-order chi connectivity index (χ1) is 12.9. The van der Waals surface area contributed by atoms with Gasteiger partial charge in [-0.2, -0.15) is 4.57 Å². The van der Waals surface area contributed by atoms with Crippen molar-refractivity contribution in [3.63, 3.8) is 0 Å². The average molecular weight is 354 g/mol. The molecule has 5 rings (SSSR count). The Kier molecular flexibility index (Phi) is 3.22. The number of para-hydroxylation sites is 1. The third kappa shape index (κ3) is 2.16. The summed E-state index contributed by atoms with van der Waals surface area (Å²) >= 11 is 0. The second-order valence-electron chi connectivity index (χ2n) is 8.59. The fourth-order valence-corrected chi connectivity index (χ4v) is 4.57. The van der Waals surface area contributed by atoms with Crippen molar-refractivity contribution in [2.24, 2.45) is 7.05 Å². The van der Waals surface area contributed by atoms with Crippen LogP contribution in [0.2, 0.25) is 0 Å². The first-order valence-electron chi connectivity index (χ1n) is 9.53. The molecule has 0 aliphatic carbocycles. The molecular weight excluding hydrogens is 330 g/mol. The van der Waals surface area contributed by atoms with Gasteiger partial charge in [-0.3, -0.25) is 0 Å². The standard InChI is InChI=1S/C25H24NO/c1-15-13-14-16-9-8-12-19-21(16)20(15)23-24(27-19)22(25(2,3)4)17-10-6-7-11-18(17)26(23)5/h6-14H,1-5H3/q+1.